The number of halogens is 1. The van der Waals surface area contributed by atoms with Crippen LogP contribution in [-0.2, 0) is 10.4 Å². The second-order valence-electron chi connectivity index (χ2n) is 4.71. The highest BCUT2D eigenvalue weighted by atomic mass is 79.9. The Morgan fingerprint density at radius 2 is 2.20 bits per heavy atom. The molecule has 0 spiro atoms. The van der Waals surface area contributed by atoms with E-state index in [0.717, 1.165) is 5.56 Å². The fourth-order valence-electron chi connectivity index (χ4n) is 1.87. The molecule has 1 aromatic rings. The van der Waals surface area contributed by atoms with Gasteiger partial charge in [-0.25, -0.2) is 0 Å². The van der Waals surface area contributed by atoms with E-state index in [-0.39, 0.29) is 17.3 Å². The first-order valence-electron chi connectivity index (χ1n) is 6.75. The number of methoxy groups -OCH3 is 1. The van der Waals surface area contributed by atoms with Gasteiger partial charge < -0.3 is 15.2 Å². The Hall–Kier alpha value is -1.07. The second kappa shape index (κ2) is 7.64. The van der Waals surface area contributed by atoms with Crippen LogP contribution in [0.4, 0.5) is 0 Å². The summed E-state index contributed by atoms with van der Waals surface area (Å²) in [6.45, 7) is 3.99. The smallest absolute Gasteiger partial charge is 0.233 e. The van der Waals surface area contributed by atoms with E-state index in [0.29, 0.717) is 18.6 Å². The zero-order chi connectivity index (χ0) is 15.2. The summed E-state index contributed by atoms with van der Waals surface area (Å²) in [6.07, 6.45) is 1.20. The molecule has 4 nitrogen and oxygen atoms in total. The molecule has 2 unspecified atom stereocenters. The largest absolute Gasteiger partial charge is 0.497 e. The Morgan fingerprint density at radius 1 is 1.50 bits per heavy atom. The van der Waals surface area contributed by atoms with Crippen LogP contribution in [0, 0.1) is 0 Å². The minimum absolute atomic E-state index is 0.109. The lowest BCUT2D eigenvalue weighted by Crippen LogP contribution is -2.42. The van der Waals surface area contributed by atoms with Gasteiger partial charge in [0.15, 0.2) is 0 Å². The third-order valence-corrected chi connectivity index (χ3v) is 4.45. The number of carbonyl (C=O) groups excluding carboxylic acids is 1. The van der Waals surface area contributed by atoms with E-state index in [1.54, 1.807) is 13.2 Å². The van der Waals surface area contributed by atoms with Gasteiger partial charge in [-0.2, -0.15) is 0 Å². The SMILES string of the molecule is CCC(Br)C(=O)NCC(O)(CC)c1cccc(OC)c1. The number of benzene rings is 1. The highest BCUT2D eigenvalue weighted by molar-refractivity contribution is 9.10. The molecule has 2 N–H and O–H groups in total. The fraction of sp³-hybridized carbons (Fsp3) is 0.533. The Balaban J connectivity index is 2.83. The maximum atomic E-state index is 11.8. The summed E-state index contributed by atoms with van der Waals surface area (Å²) in [5.41, 5.74) is -0.354. The average Bonchev–Trinajstić information content (AvgIpc) is 2.51. The maximum absolute atomic E-state index is 11.8. The number of carbonyl (C=O) groups is 1. The van der Waals surface area contributed by atoms with Gasteiger partial charge in [0.05, 0.1) is 18.5 Å². The van der Waals surface area contributed by atoms with Crippen LogP contribution in [0.2, 0.25) is 0 Å². The van der Waals surface area contributed by atoms with E-state index in [4.69, 9.17) is 4.74 Å². The van der Waals surface area contributed by atoms with Gasteiger partial charge in [0.2, 0.25) is 5.91 Å². The molecule has 5 heteroatoms. The third kappa shape index (κ3) is 4.21. The standard InChI is InChI=1S/C15H22BrNO3/c1-4-13(16)14(18)17-10-15(19,5-2)11-7-6-8-12(9-11)20-3/h6-9,13,19H,4-5,10H2,1-3H3,(H,17,18). The highest BCUT2D eigenvalue weighted by Crippen LogP contribution is 2.27. The Morgan fingerprint density at radius 3 is 2.75 bits per heavy atom. The summed E-state index contributed by atoms with van der Waals surface area (Å²) in [4.78, 5) is 11.6. The zero-order valence-corrected chi connectivity index (χ0v) is 13.7. The number of hydrogen-bond acceptors (Lipinski definition) is 3. The lowest BCUT2D eigenvalue weighted by atomic mass is 9.91. The average molecular weight is 344 g/mol. The molecule has 0 aliphatic rings. The van der Waals surface area contributed by atoms with Crippen molar-refractivity contribution in [2.75, 3.05) is 13.7 Å². The molecule has 0 saturated carbocycles. The Labute approximate surface area is 128 Å². The molecule has 0 radical (unpaired) electrons. The minimum atomic E-state index is -1.09. The van der Waals surface area contributed by atoms with Crippen molar-refractivity contribution in [3.8, 4) is 5.75 Å². The van der Waals surface area contributed by atoms with Gasteiger partial charge in [0, 0.05) is 0 Å². The number of nitrogens with one attached hydrogen (secondary N) is 1. The number of ether oxygens (including phenoxy) is 1. The number of amides is 1. The Kier molecular flexibility index (Phi) is 6.49. The molecule has 0 fully saturated rings. The monoisotopic (exact) mass is 343 g/mol. The first kappa shape index (κ1) is 17.0. The fourth-order valence-corrected chi connectivity index (χ4v) is 2.04. The minimum Gasteiger partial charge on any atom is -0.497 e. The molecule has 0 aliphatic heterocycles. The molecule has 1 aromatic carbocycles. The summed E-state index contributed by atoms with van der Waals surface area (Å²) >= 11 is 3.30. The van der Waals surface area contributed by atoms with Gasteiger partial charge in [-0.1, -0.05) is 41.9 Å². The van der Waals surface area contributed by atoms with Crippen molar-refractivity contribution >= 4 is 21.8 Å². The van der Waals surface area contributed by atoms with Crippen LogP contribution in [-0.4, -0.2) is 29.5 Å². The summed E-state index contributed by atoms with van der Waals surface area (Å²) in [5, 5.41) is 13.5. The third-order valence-electron chi connectivity index (χ3n) is 3.39. The summed E-state index contributed by atoms with van der Waals surface area (Å²) in [5.74, 6) is 0.579. The van der Waals surface area contributed by atoms with Crippen LogP contribution in [0.1, 0.15) is 32.3 Å². The van der Waals surface area contributed by atoms with E-state index in [9.17, 15) is 9.90 Å². The molecule has 1 rings (SSSR count). The highest BCUT2D eigenvalue weighted by Gasteiger charge is 2.29. The van der Waals surface area contributed by atoms with Gasteiger partial charge >= 0.3 is 0 Å². The molecule has 20 heavy (non-hydrogen) atoms. The Bertz CT molecular complexity index is 452. The van der Waals surface area contributed by atoms with Crippen molar-refractivity contribution in [1.29, 1.82) is 0 Å². The van der Waals surface area contributed by atoms with Crippen LogP contribution in [0.25, 0.3) is 0 Å². The molecular formula is C15H22BrNO3. The van der Waals surface area contributed by atoms with Gasteiger partial charge in [0.25, 0.3) is 0 Å². The molecule has 0 saturated heterocycles. The van der Waals surface area contributed by atoms with Crippen LogP contribution in [0.15, 0.2) is 24.3 Å². The van der Waals surface area contributed by atoms with Crippen molar-refractivity contribution in [2.45, 2.75) is 37.1 Å². The zero-order valence-electron chi connectivity index (χ0n) is 12.1. The number of hydrogen-bond donors (Lipinski definition) is 2. The summed E-state index contributed by atoms with van der Waals surface area (Å²) < 4.78 is 5.17. The molecule has 2 atom stereocenters. The van der Waals surface area contributed by atoms with Crippen LogP contribution < -0.4 is 10.1 Å². The van der Waals surface area contributed by atoms with Crippen LogP contribution >= 0.6 is 15.9 Å². The predicted octanol–water partition coefficient (Wildman–Crippen LogP) is 2.58. The first-order chi connectivity index (χ1) is 9.46. The second-order valence-corrected chi connectivity index (χ2v) is 5.82. The number of alkyl halides is 1. The van der Waals surface area contributed by atoms with E-state index in [1.165, 1.54) is 0 Å². The molecular weight excluding hydrogens is 322 g/mol. The summed E-state index contributed by atoms with van der Waals surface area (Å²) in [6, 6.07) is 7.28. The lowest BCUT2D eigenvalue weighted by molar-refractivity contribution is -0.121. The van der Waals surface area contributed by atoms with Gasteiger partial charge in [-0.3, -0.25) is 4.79 Å². The van der Waals surface area contributed by atoms with E-state index >= 15 is 0 Å². The molecule has 1 amide bonds. The van der Waals surface area contributed by atoms with Crippen LogP contribution in [0.5, 0.6) is 5.75 Å². The molecule has 0 bridgehead atoms. The van der Waals surface area contributed by atoms with E-state index in [2.05, 4.69) is 21.2 Å². The van der Waals surface area contributed by atoms with E-state index < -0.39 is 5.60 Å². The quantitative estimate of drug-likeness (QED) is 0.748. The molecule has 0 aromatic heterocycles. The maximum Gasteiger partial charge on any atom is 0.233 e. The van der Waals surface area contributed by atoms with E-state index in [1.807, 2.05) is 32.0 Å². The van der Waals surface area contributed by atoms with Gasteiger partial charge in [-0.05, 0) is 30.5 Å². The normalized spacial score (nSPS) is 15.2. The van der Waals surface area contributed by atoms with Gasteiger partial charge in [0.1, 0.15) is 11.4 Å². The van der Waals surface area contributed by atoms with Crippen molar-refractivity contribution in [3.63, 3.8) is 0 Å². The molecule has 112 valence electrons. The summed E-state index contributed by atoms with van der Waals surface area (Å²) in [7, 11) is 1.59. The van der Waals surface area contributed by atoms with Gasteiger partial charge in [-0.15, -0.1) is 0 Å². The van der Waals surface area contributed by atoms with Crippen molar-refractivity contribution in [1.82, 2.24) is 5.32 Å². The lowest BCUT2D eigenvalue weighted by Gasteiger charge is -2.28. The predicted molar refractivity (Wildman–Crippen MR) is 83.2 cm³/mol. The molecule has 0 heterocycles. The van der Waals surface area contributed by atoms with Crippen LogP contribution in [0.3, 0.4) is 0 Å². The van der Waals surface area contributed by atoms with Crippen molar-refractivity contribution < 1.29 is 14.6 Å². The number of rotatable bonds is 7. The first-order valence-corrected chi connectivity index (χ1v) is 7.67. The van der Waals surface area contributed by atoms with Crippen molar-refractivity contribution in [3.05, 3.63) is 29.8 Å². The topological polar surface area (TPSA) is 58.6 Å². The van der Waals surface area contributed by atoms with Crippen molar-refractivity contribution in [2.24, 2.45) is 0 Å². The molecule has 0 aliphatic carbocycles. The number of aliphatic hydroxyl groups is 1.